The largest absolute Gasteiger partial charge is 0.368 e. The quantitative estimate of drug-likeness (QED) is 0.810. The highest BCUT2D eigenvalue weighted by Crippen LogP contribution is 2.19. The van der Waals surface area contributed by atoms with Crippen LogP contribution in [0.15, 0.2) is 39.8 Å². The molecule has 0 radical (unpaired) electrons. The second-order valence-corrected chi connectivity index (χ2v) is 6.57. The first-order valence-corrected chi connectivity index (χ1v) is 8.08. The van der Waals surface area contributed by atoms with Crippen molar-refractivity contribution in [1.29, 1.82) is 0 Å². The molecule has 1 amide bonds. The third kappa shape index (κ3) is 3.52. The minimum Gasteiger partial charge on any atom is -0.368 e. The number of aromatic nitrogens is 1. The van der Waals surface area contributed by atoms with E-state index in [1.54, 1.807) is 24.3 Å². The van der Waals surface area contributed by atoms with Crippen LogP contribution >= 0.6 is 0 Å². The molecule has 0 bridgehead atoms. The Balaban J connectivity index is 2.26. The lowest BCUT2D eigenvalue weighted by Gasteiger charge is -2.15. The molecular weight excluding hydrogens is 306 g/mol. The summed E-state index contributed by atoms with van der Waals surface area (Å²) in [5, 5.41) is 3.61. The number of primary amides is 1. The molecule has 0 fully saturated rings. The van der Waals surface area contributed by atoms with Gasteiger partial charge in [-0.05, 0) is 25.8 Å². The highest BCUT2D eigenvalue weighted by atomic mass is 32.2. The summed E-state index contributed by atoms with van der Waals surface area (Å²) in [7, 11) is -3.95. The molecule has 1 heterocycles. The standard InChI is InChI=1S/C14H17N3O4S/c1-9-13(10(2)21-16-9)22(19,20)17-12(14(15)18)8-11-6-4-3-5-7-11/h3-7,12,17H,8H2,1-2H3,(H2,15,18). The maximum absolute atomic E-state index is 12.4. The maximum atomic E-state index is 12.4. The number of nitrogens with zero attached hydrogens (tertiary/aromatic N) is 1. The van der Waals surface area contributed by atoms with E-state index in [0.717, 1.165) is 5.56 Å². The van der Waals surface area contributed by atoms with Gasteiger partial charge in [0.05, 0.1) is 0 Å². The maximum Gasteiger partial charge on any atom is 0.246 e. The fourth-order valence-corrected chi connectivity index (χ4v) is 3.69. The van der Waals surface area contributed by atoms with Gasteiger partial charge in [-0.3, -0.25) is 4.79 Å². The number of hydrogen-bond donors (Lipinski definition) is 2. The molecule has 22 heavy (non-hydrogen) atoms. The summed E-state index contributed by atoms with van der Waals surface area (Å²) in [6, 6.07) is 7.96. The number of nitrogens with two attached hydrogens (primary N) is 1. The molecule has 3 N–H and O–H groups in total. The van der Waals surface area contributed by atoms with E-state index < -0.39 is 22.0 Å². The van der Waals surface area contributed by atoms with E-state index in [0.29, 0.717) is 0 Å². The molecule has 0 saturated carbocycles. The summed E-state index contributed by atoms with van der Waals surface area (Å²) in [4.78, 5) is 11.5. The highest BCUT2D eigenvalue weighted by molar-refractivity contribution is 7.89. The Hall–Kier alpha value is -2.19. The molecule has 1 aromatic carbocycles. The van der Waals surface area contributed by atoms with Gasteiger partial charge in [-0.1, -0.05) is 35.5 Å². The molecule has 2 rings (SSSR count). The summed E-state index contributed by atoms with van der Waals surface area (Å²) in [5.74, 6) is -0.591. The molecule has 0 saturated heterocycles. The number of amides is 1. The molecule has 7 nitrogen and oxygen atoms in total. The Kier molecular flexibility index (Phi) is 4.62. The number of benzene rings is 1. The van der Waals surface area contributed by atoms with Crippen LogP contribution in [0.1, 0.15) is 17.0 Å². The predicted molar refractivity (Wildman–Crippen MR) is 79.4 cm³/mol. The van der Waals surface area contributed by atoms with Crippen molar-refractivity contribution in [3.05, 3.63) is 47.3 Å². The first kappa shape index (κ1) is 16.2. The van der Waals surface area contributed by atoms with Crippen molar-refractivity contribution in [1.82, 2.24) is 9.88 Å². The van der Waals surface area contributed by atoms with Crippen molar-refractivity contribution in [2.24, 2.45) is 5.73 Å². The zero-order valence-corrected chi connectivity index (χ0v) is 13.1. The van der Waals surface area contributed by atoms with Crippen LogP contribution in [-0.4, -0.2) is 25.5 Å². The number of carbonyl (C=O) groups excluding carboxylic acids is 1. The molecule has 0 aliphatic carbocycles. The molecular formula is C14H17N3O4S. The summed E-state index contributed by atoms with van der Waals surface area (Å²) in [6.45, 7) is 3.01. The zero-order chi connectivity index (χ0) is 16.3. The van der Waals surface area contributed by atoms with Gasteiger partial charge in [0.2, 0.25) is 15.9 Å². The van der Waals surface area contributed by atoms with Crippen LogP contribution in [0.5, 0.6) is 0 Å². The number of hydrogen-bond acceptors (Lipinski definition) is 5. The second kappa shape index (κ2) is 6.29. The molecule has 2 aromatic rings. The SMILES string of the molecule is Cc1noc(C)c1S(=O)(=O)NC(Cc1ccccc1)C(N)=O. The zero-order valence-electron chi connectivity index (χ0n) is 12.2. The van der Waals surface area contributed by atoms with Crippen molar-refractivity contribution in [2.45, 2.75) is 31.2 Å². The fraction of sp³-hybridized carbons (Fsp3) is 0.286. The van der Waals surface area contributed by atoms with Crippen LogP contribution in [0.4, 0.5) is 0 Å². The van der Waals surface area contributed by atoms with E-state index in [2.05, 4.69) is 9.88 Å². The second-order valence-electron chi connectivity index (χ2n) is 4.92. The number of nitrogens with one attached hydrogen (secondary N) is 1. The van der Waals surface area contributed by atoms with Gasteiger partial charge in [0.1, 0.15) is 16.6 Å². The van der Waals surface area contributed by atoms with Gasteiger partial charge >= 0.3 is 0 Å². The molecule has 0 spiro atoms. The predicted octanol–water partition coefficient (Wildman–Crippen LogP) is 0.666. The Morgan fingerprint density at radius 2 is 1.95 bits per heavy atom. The molecule has 8 heteroatoms. The molecule has 1 unspecified atom stereocenters. The third-order valence-electron chi connectivity index (χ3n) is 3.16. The van der Waals surface area contributed by atoms with E-state index >= 15 is 0 Å². The van der Waals surface area contributed by atoms with Crippen LogP contribution < -0.4 is 10.5 Å². The van der Waals surface area contributed by atoms with Crippen molar-refractivity contribution in [3.63, 3.8) is 0 Å². The van der Waals surface area contributed by atoms with Crippen LogP contribution in [0.3, 0.4) is 0 Å². The van der Waals surface area contributed by atoms with Gasteiger partial charge in [0.25, 0.3) is 0 Å². The van der Waals surface area contributed by atoms with Gasteiger partial charge < -0.3 is 10.3 Å². The number of sulfonamides is 1. The fourth-order valence-electron chi connectivity index (χ4n) is 2.15. The number of carbonyl (C=O) groups is 1. The first-order valence-electron chi connectivity index (χ1n) is 6.59. The van der Waals surface area contributed by atoms with Gasteiger partial charge in [0.15, 0.2) is 5.76 Å². The van der Waals surface area contributed by atoms with E-state index in [1.807, 2.05) is 6.07 Å². The number of aryl methyl sites for hydroxylation is 2. The summed E-state index contributed by atoms with van der Waals surface area (Å²) in [5.41, 5.74) is 6.34. The normalized spacial score (nSPS) is 13.0. The lowest BCUT2D eigenvalue weighted by atomic mass is 10.1. The van der Waals surface area contributed by atoms with Crippen LogP contribution in [0.2, 0.25) is 0 Å². The minimum absolute atomic E-state index is 0.0631. The van der Waals surface area contributed by atoms with Crippen molar-refractivity contribution in [3.8, 4) is 0 Å². The van der Waals surface area contributed by atoms with Crippen LogP contribution in [-0.2, 0) is 21.2 Å². The highest BCUT2D eigenvalue weighted by Gasteiger charge is 2.29. The Morgan fingerprint density at radius 3 is 2.45 bits per heavy atom. The van der Waals surface area contributed by atoms with Gasteiger partial charge in [0, 0.05) is 0 Å². The lowest BCUT2D eigenvalue weighted by molar-refractivity contribution is -0.119. The molecule has 1 aromatic heterocycles. The molecule has 0 aliphatic rings. The summed E-state index contributed by atoms with van der Waals surface area (Å²) < 4.78 is 32.0. The van der Waals surface area contributed by atoms with E-state index in [1.165, 1.54) is 13.8 Å². The average molecular weight is 323 g/mol. The Labute approximate surface area is 128 Å². The molecule has 118 valence electrons. The van der Waals surface area contributed by atoms with Crippen molar-refractivity contribution < 1.29 is 17.7 Å². The average Bonchev–Trinajstić information content (AvgIpc) is 2.79. The van der Waals surface area contributed by atoms with Crippen molar-refractivity contribution in [2.75, 3.05) is 0 Å². The van der Waals surface area contributed by atoms with E-state index in [-0.39, 0.29) is 22.8 Å². The van der Waals surface area contributed by atoms with E-state index in [4.69, 9.17) is 10.3 Å². The minimum atomic E-state index is -3.95. The Morgan fingerprint density at radius 1 is 1.32 bits per heavy atom. The van der Waals surface area contributed by atoms with Crippen molar-refractivity contribution >= 4 is 15.9 Å². The number of rotatable bonds is 6. The van der Waals surface area contributed by atoms with Gasteiger partial charge in [-0.25, -0.2) is 8.42 Å². The topological polar surface area (TPSA) is 115 Å². The van der Waals surface area contributed by atoms with Crippen LogP contribution in [0.25, 0.3) is 0 Å². The lowest BCUT2D eigenvalue weighted by Crippen LogP contribution is -2.45. The smallest absolute Gasteiger partial charge is 0.246 e. The Bertz CT molecular complexity index is 749. The van der Waals surface area contributed by atoms with Gasteiger partial charge in [-0.2, -0.15) is 4.72 Å². The van der Waals surface area contributed by atoms with Gasteiger partial charge in [-0.15, -0.1) is 0 Å². The summed E-state index contributed by atoms with van der Waals surface area (Å²) >= 11 is 0. The first-order chi connectivity index (χ1) is 10.3. The summed E-state index contributed by atoms with van der Waals surface area (Å²) in [6.07, 6.45) is 0.165. The molecule has 1 atom stereocenters. The third-order valence-corrected chi connectivity index (χ3v) is 4.88. The van der Waals surface area contributed by atoms with E-state index in [9.17, 15) is 13.2 Å². The monoisotopic (exact) mass is 323 g/mol. The van der Waals surface area contributed by atoms with Crippen LogP contribution in [0, 0.1) is 13.8 Å². The molecule has 0 aliphatic heterocycles.